The van der Waals surface area contributed by atoms with Gasteiger partial charge < -0.3 is 20.6 Å². The second-order valence-electron chi connectivity index (χ2n) is 12.9. The van der Waals surface area contributed by atoms with Gasteiger partial charge in [-0.15, -0.1) is 0 Å². The summed E-state index contributed by atoms with van der Waals surface area (Å²) in [6.45, 7) is 0. The molecule has 0 radical (unpaired) electrons. The monoisotopic (exact) mass is 574 g/mol. The fourth-order valence-corrected chi connectivity index (χ4v) is 8.36. The van der Waals surface area contributed by atoms with Crippen LogP contribution >= 0.6 is 0 Å². The number of nitrogens with zero attached hydrogens (tertiary/aromatic N) is 2. The molecule has 4 bridgehead atoms. The zero-order valence-electron chi connectivity index (χ0n) is 22.7. The van der Waals surface area contributed by atoms with E-state index >= 15 is 17.6 Å². The fraction of sp³-hybridized carbons (Fsp3) is 0.438. The molecule has 4 N–H and O–H groups in total. The lowest BCUT2D eigenvalue weighted by atomic mass is 9.79. The zero-order valence-corrected chi connectivity index (χ0v) is 22.7. The first kappa shape index (κ1) is 25.0. The molecule has 2 aromatic carbocycles. The minimum absolute atomic E-state index is 0.109. The Balaban J connectivity index is 1.06. The molecular weight excluding hydrogens is 544 g/mol. The molecule has 2 saturated heterocycles. The highest BCUT2D eigenvalue weighted by atomic mass is 19.3. The third-order valence-corrected chi connectivity index (χ3v) is 10.5. The number of fused-ring (bicyclic) bond motifs is 7. The minimum atomic E-state index is -4.40. The second kappa shape index (κ2) is 8.54. The molecule has 2 aliphatic heterocycles. The molecular formula is C32H30F4N6. The summed E-state index contributed by atoms with van der Waals surface area (Å²) in [6, 6.07) is 10.0. The number of rotatable bonds is 4. The van der Waals surface area contributed by atoms with Crippen LogP contribution in [0.25, 0.3) is 33.6 Å². The number of nitrogens with one attached hydrogen (secondary N) is 4. The first-order valence-corrected chi connectivity index (χ1v) is 14.9. The van der Waals surface area contributed by atoms with Crippen LogP contribution in [-0.4, -0.2) is 32.0 Å². The van der Waals surface area contributed by atoms with Gasteiger partial charge in [0.2, 0.25) is 0 Å². The van der Waals surface area contributed by atoms with Gasteiger partial charge in [-0.1, -0.05) is 24.3 Å². The van der Waals surface area contributed by atoms with Crippen molar-refractivity contribution in [2.45, 2.75) is 74.5 Å². The molecule has 10 heteroatoms. The topological polar surface area (TPSA) is 81.4 Å². The Bertz CT molecular complexity index is 1600. The highest BCUT2D eigenvalue weighted by molar-refractivity contribution is 5.81. The summed E-state index contributed by atoms with van der Waals surface area (Å²) in [5, 5.41) is 7.14. The Morgan fingerprint density at radius 3 is 1.45 bits per heavy atom. The third-order valence-electron chi connectivity index (χ3n) is 10.5. The summed E-state index contributed by atoms with van der Waals surface area (Å²) in [6.07, 6.45) is 10.0. The number of imidazole rings is 2. The summed E-state index contributed by atoms with van der Waals surface area (Å²) in [4.78, 5) is 15.6. The van der Waals surface area contributed by atoms with E-state index in [9.17, 15) is 0 Å². The summed E-state index contributed by atoms with van der Waals surface area (Å²) in [5.41, 5.74) is 0.770. The van der Waals surface area contributed by atoms with Crippen LogP contribution < -0.4 is 10.6 Å². The van der Waals surface area contributed by atoms with E-state index in [1.54, 1.807) is 24.5 Å². The van der Waals surface area contributed by atoms with Gasteiger partial charge in [0.25, 0.3) is 0 Å². The second-order valence-corrected chi connectivity index (χ2v) is 12.9. The molecule has 6 atom stereocenters. The number of aromatic amines is 2. The fourth-order valence-electron chi connectivity index (χ4n) is 8.36. The van der Waals surface area contributed by atoms with Crippen molar-refractivity contribution in [3.8, 4) is 33.6 Å². The van der Waals surface area contributed by atoms with E-state index in [-0.39, 0.29) is 23.2 Å². The van der Waals surface area contributed by atoms with Crippen LogP contribution in [0.4, 0.5) is 17.6 Å². The van der Waals surface area contributed by atoms with Gasteiger partial charge in [0.15, 0.2) is 0 Å². The van der Waals surface area contributed by atoms with Crippen molar-refractivity contribution < 1.29 is 17.6 Å². The van der Waals surface area contributed by atoms with Crippen molar-refractivity contribution in [1.82, 2.24) is 30.6 Å². The lowest BCUT2D eigenvalue weighted by Gasteiger charge is -2.35. The number of halogens is 4. The molecule has 4 heterocycles. The average Bonchev–Trinajstić information content (AvgIpc) is 3.85. The number of H-pyrrole nitrogens is 2. The lowest BCUT2D eigenvalue weighted by molar-refractivity contribution is -0.225. The van der Waals surface area contributed by atoms with Crippen molar-refractivity contribution >= 4 is 0 Å². The quantitative estimate of drug-likeness (QED) is 0.199. The van der Waals surface area contributed by atoms with Crippen LogP contribution in [0.2, 0.25) is 0 Å². The maximum absolute atomic E-state index is 15.7. The first-order chi connectivity index (χ1) is 20.3. The molecule has 9 rings (SSSR count). The van der Waals surface area contributed by atoms with Crippen LogP contribution in [0.3, 0.4) is 0 Å². The van der Waals surface area contributed by atoms with Gasteiger partial charge in [-0.25, -0.2) is 9.97 Å². The predicted octanol–water partition coefficient (Wildman–Crippen LogP) is 6.96. The number of hydrogen-bond donors (Lipinski definition) is 4. The molecule has 6 nitrogen and oxygen atoms in total. The lowest BCUT2D eigenvalue weighted by Crippen LogP contribution is -2.39. The van der Waals surface area contributed by atoms with Crippen LogP contribution in [0.15, 0.2) is 48.8 Å². The third kappa shape index (κ3) is 3.45. The molecule has 2 saturated carbocycles. The van der Waals surface area contributed by atoms with E-state index in [0.29, 0.717) is 46.4 Å². The van der Waals surface area contributed by atoms with Crippen molar-refractivity contribution in [2.75, 3.05) is 0 Å². The molecule has 0 spiro atoms. The van der Waals surface area contributed by atoms with E-state index in [1.807, 2.05) is 0 Å². The molecule has 5 aliphatic rings. The van der Waals surface area contributed by atoms with Crippen LogP contribution in [0.1, 0.15) is 73.4 Å². The minimum Gasteiger partial charge on any atom is -0.341 e. The maximum Gasteiger partial charge on any atom is 0.340 e. The number of aromatic nitrogens is 4. The molecule has 3 aliphatic carbocycles. The molecule has 4 aromatic rings. The molecule has 216 valence electrons. The molecule has 2 aromatic heterocycles. The van der Waals surface area contributed by atoms with Gasteiger partial charge in [0.05, 0.1) is 35.9 Å². The molecule has 0 unspecified atom stereocenters. The largest absolute Gasteiger partial charge is 0.341 e. The van der Waals surface area contributed by atoms with Crippen LogP contribution in [-0.2, 0) is 11.8 Å². The van der Waals surface area contributed by atoms with Gasteiger partial charge >= 0.3 is 11.8 Å². The Hall–Kier alpha value is -3.50. The summed E-state index contributed by atoms with van der Waals surface area (Å²) in [5.74, 6) is -6.25. The highest BCUT2D eigenvalue weighted by Crippen LogP contribution is 2.58. The molecule has 4 fully saturated rings. The van der Waals surface area contributed by atoms with E-state index < -0.39 is 23.0 Å². The Labute approximate surface area is 239 Å². The van der Waals surface area contributed by atoms with E-state index in [1.165, 1.54) is 24.3 Å². The smallest absolute Gasteiger partial charge is 0.340 e. The predicted molar refractivity (Wildman–Crippen MR) is 149 cm³/mol. The van der Waals surface area contributed by atoms with Gasteiger partial charge in [0.1, 0.15) is 11.6 Å². The Morgan fingerprint density at radius 2 is 1.07 bits per heavy atom. The number of piperidine rings is 2. The summed E-state index contributed by atoms with van der Waals surface area (Å²) in [7, 11) is 0. The van der Waals surface area contributed by atoms with E-state index in [4.69, 9.17) is 0 Å². The zero-order chi connectivity index (χ0) is 28.4. The normalized spacial score (nSPS) is 31.4. The summed E-state index contributed by atoms with van der Waals surface area (Å²) >= 11 is 0. The van der Waals surface area contributed by atoms with Crippen LogP contribution in [0.5, 0.6) is 0 Å². The number of benzene rings is 2. The molecule has 0 amide bonds. The number of hydrogen-bond acceptors (Lipinski definition) is 4. The van der Waals surface area contributed by atoms with Crippen molar-refractivity contribution in [1.29, 1.82) is 0 Å². The maximum atomic E-state index is 15.7. The van der Waals surface area contributed by atoms with Gasteiger partial charge in [0, 0.05) is 34.3 Å². The Kier molecular flexibility index (Phi) is 5.09. The van der Waals surface area contributed by atoms with Crippen molar-refractivity contribution in [3.63, 3.8) is 0 Å². The average molecular weight is 575 g/mol. The standard InChI is InChI=1S/C32H30F4N6/c33-31(34)23-11-15(25-13-37-29(41-25)27-17-1-5-19(9-17)39-27)3-7-21(23)22-8-4-16(12-24(22)32(31,35)36)26-14-38-30(42-26)28-18-2-6-20(10-18)40-28/h3-4,7-8,11-14,17-20,27-28,39-40H,1-2,5-6,9-10H2,(H,37,41)(H,38,42)/t17-,18-,19+,20+,27-,28-/m0/s1. The van der Waals surface area contributed by atoms with Gasteiger partial charge in [-0.2, -0.15) is 17.6 Å². The van der Waals surface area contributed by atoms with Gasteiger partial charge in [-0.05, 0) is 73.6 Å². The first-order valence-electron chi connectivity index (χ1n) is 14.9. The van der Waals surface area contributed by atoms with Crippen LogP contribution in [0, 0.1) is 11.8 Å². The van der Waals surface area contributed by atoms with E-state index in [0.717, 1.165) is 50.2 Å². The van der Waals surface area contributed by atoms with Gasteiger partial charge in [-0.3, -0.25) is 0 Å². The molecule has 42 heavy (non-hydrogen) atoms. The van der Waals surface area contributed by atoms with Crippen molar-refractivity contribution in [3.05, 3.63) is 71.6 Å². The summed E-state index contributed by atoms with van der Waals surface area (Å²) < 4.78 is 62.9. The SMILES string of the molecule is FC1(F)c2cc(-c3cnc([C@H]4N[C@@H]5CC[C@H]4C5)[nH]3)ccc2-c2ccc(-c3cnc([C@H]4N[C@@H]5CC[C@H]4C5)[nH]3)cc2C1(F)F. The van der Waals surface area contributed by atoms with E-state index in [2.05, 4.69) is 30.6 Å². The number of alkyl halides is 4. The van der Waals surface area contributed by atoms with Crippen molar-refractivity contribution in [2.24, 2.45) is 11.8 Å². The Morgan fingerprint density at radius 1 is 0.619 bits per heavy atom. The highest BCUT2D eigenvalue weighted by Gasteiger charge is 2.63.